The monoisotopic (exact) mass is 585 g/mol. The highest BCUT2D eigenvalue weighted by Gasteiger charge is 2.34. The van der Waals surface area contributed by atoms with Crippen LogP contribution >= 0.6 is 0 Å². The number of aromatic nitrogens is 1. The third-order valence-corrected chi connectivity index (χ3v) is 8.70. The predicted octanol–water partition coefficient (Wildman–Crippen LogP) is 4.23. The van der Waals surface area contributed by atoms with Crippen LogP contribution in [0.4, 0.5) is 20.2 Å². The maximum atomic E-state index is 13.7. The topological polar surface area (TPSA) is 120 Å². The number of nitrogens with zero attached hydrogens (tertiary/aromatic N) is 2. The number of hydrogen-bond acceptors (Lipinski definition) is 6. The van der Waals surface area contributed by atoms with Gasteiger partial charge in [-0.05, 0) is 81.0 Å². The smallest absolute Gasteiger partial charge is 0.259 e. The number of halogens is 2. The molecule has 1 aliphatic heterocycles. The minimum absolute atomic E-state index is 0.137. The van der Waals surface area contributed by atoms with E-state index in [0.717, 1.165) is 5.56 Å². The number of carbonyl (C=O) groups excluding carboxylic acids is 2. The number of likely N-dealkylation sites (tertiary alicyclic amines) is 1. The highest BCUT2D eigenvalue weighted by Crippen LogP contribution is 2.31. The molecule has 0 bridgehead atoms. The zero-order chi connectivity index (χ0) is 29.9. The van der Waals surface area contributed by atoms with Crippen molar-refractivity contribution in [2.24, 2.45) is 0 Å². The lowest BCUT2D eigenvalue weighted by molar-refractivity contribution is -0.125. The Kier molecular flexibility index (Phi) is 8.74. The van der Waals surface area contributed by atoms with Gasteiger partial charge >= 0.3 is 0 Å². The lowest BCUT2D eigenvalue weighted by atomic mass is 9.89. The van der Waals surface area contributed by atoms with Crippen LogP contribution < -0.4 is 15.4 Å². The van der Waals surface area contributed by atoms with Crippen molar-refractivity contribution in [1.82, 2.24) is 19.9 Å². The molecule has 0 unspecified atom stereocenters. The zero-order valence-corrected chi connectivity index (χ0v) is 24.1. The first kappa shape index (κ1) is 30.1. The summed E-state index contributed by atoms with van der Waals surface area (Å²) in [5.74, 6) is -1.45. The molecule has 2 aromatic carbocycles. The number of nitrogens with one attached hydrogen (secondary N) is 3. The number of aryl methyl sites for hydroxylation is 1. The van der Waals surface area contributed by atoms with Crippen molar-refractivity contribution in [3.8, 4) is 0 Å². The zero-order valence-electron chi connectivity index (χ0n) is 23.3. The van der Waals surface area contributed by atoms with Gasteiger partial charge in [0.25, 0.3) is 15.9 Å². The van der Waals surface area contributed by atoms with Crippen molar-refractivity contribution in [2.75, 3.05) is 25.5 Å². The minimum atomic E-state index is -4.29. The van der Waals surface area contributed by atoms with E-state index in [1.165, 1.54) is 63.5 Å². The van der Waals surface area contributed by atoms with E-state index >= 15 is 0 Å². The molecule has 0 spiro atoms. The van der Waals surface area contributed by atoms with Gasteiger partial charge in [-0.25, -0.2) is 22.2 Å². The number of carbonyl (C=O) groups is 2. The second-order valence-corrected chi connectivity index (χ2v) is 12.2. The molecule has 0 saturated carbocycles. The van der Waals surface area contributed by atoms with Crippen LogP contribution in [-0.2, 0) is 14.8 Å². The maximum Gasteiger partial charge on any atom is 0.259 e. The molecule has 1 aliphatic rings. The van der Waals surface area contributed by atoms with E-state index in [0.29, 0.717) is 37.2 Å². The molecule has 2 heterocycles. The number of sulfonamides is 1. The number of hydrogen-bond donors (Lipinski definition) is 3. The normalized spacial score (nSPS) is 14.5. The highest BCUT2D eigenvalue weighted by atomic mass is 32.2. The molecule has 12 heteroatoms. The first-order valence-corrected chi connectivity index (χ1v) is 14.6. The largest absolute Gasteiger partial charge is 0.358 e. The third-order valence-electron chi connectivity index (χ3n) is 7.15. The van der Waals surface area contributed by atoms with Gasteiger partial charge in [0, 0.05) is 38.1 Å². The fraction of sp³-hybridized carbons (Fsp3) is 0.345. The quantitative estimate of drug-likeness (QED) is 0.364. The van der Waals surface area contributed by atoms with Crippen LogP contribution in [0.3, 0.4) is 0 Å². The van der Waals surface area contributed by atoms with Crippen LogP contribution in [0.15, 0.2) is 59.8 Å². The summed E-state index contributed by atoms with van der Waals surface area (Å²) in [6.45, 7) is 5.39. The fourth-order valence-corrected chi connectivity index (χ4v) is 6.17. The molecule has 1 fully saturated rings. The van der Waals surface area contributed by atoms with Gasteiger partial charge < -0.3 is 15.5 Å². The van der Waals surface area contributed by atoms with E-state index < -0.39 is 32.3 Å². The molecule has 1 saturated heterocycles. The molecule has 41 heavy (non-hydrogen) atoms. The Balaban J connectivity index is 1.64. The number of piperidine rings is 1. The average molecular weight is 586 g/mol. The molecular formula is C29H33F2N5O4S. The van der Waals surface area contributed by atoms with E-state index in [1.54, 1.807) is 24.0 Å². The van der Waals surface area contributed by atoms with Gasteiger partial charge in [-0.2, -0.15) is 4.72 Å². The van der Waals surface area contributed by atoms with Crippen molar-refractivity contribution >= 4 is 33.2 Å². The van der Waals surface area contributed by atoms with Gasteiger partial charge in [0.2, 0.25) is 5.91 Å². The van der Waals surface area contributed by atoms with Gasteiger partial charge in [0.1, 0.15) is 17.2 Å². The molecule has 2 amide bonds. The molecule has 1 aromatic heterocycles. The summed E-state index contributed by atoms with van der Waals surface area (Å²) in [6, 6.07) is 11.7. The summed E-state index contributed by atoms with van der Waals surface area (Å²) >= 11 is 0. The number of pyridine rings is 1. The molecule has 0 aliphatic carbocycles. The molecule has 9 nitrogen and oxygen atoms in total. The van der Waals surface area contributed by atoms with Crippen molar-refractivity contribution < 1.29 is 26.8 Å². The van der Waals surface area contributed by atoms with Crippen LogP contribution in [0.5, 0.6) is 0 Å². The molecule has 3 N–H and O–H groups in total. The summed E-state index contributed by atoms with van der Waals surface area (Å²) in [5.41, 5.74) is 0.861. The highest BCUT2D eigenvalue weighted by molar-refractivity contribution is 7.89. The second-order valence-electron chi connectivity index (χ2n) is 10.6. The lowest BCUT2D eigenvalue weighted by Crippen LogP contribution is -2.53. The maximum absolute atomic E-state index is 13.7. The first-order chi connectivity index (χ1) is 19.3. The van der Waals surface area contributed by atoms with Crippen molar-refractivity contribution in [3.63, 3.8) is 0 Å². The number of anilines is 2. The molecular weight excluding hydrogens is 552 g/mol. The van der Waals surface area contributed by atoms with Crippen molar-refractivity contribution in [2.45, 2.75) is 50.1 Å². The number of likely N-dealkylation sites (N-methyl/N-ethyl adjacent to an activating group) is 1. The SMILES string of the molecule is CNC(=O)C(C)(C)NS(=O)(=O)c1cc(Nc2ccc(F)cc2C)c(C(=O)N2CCC(c3ccc(F)cc3)CC2)cn1. The van der Waals surface area contributed by atoms with Gasteiger partial charge in [-0.1, -0.05) is 12.1 Å². The average Bonchev–Trinajstić information content (AvgIpc) is 2.93. The van der Waals surface area contributed by atoms with E-state index in [4.69, 9.17) is 0 Å². The molecule has 0 radical (unpaired) electrons. The Morgan fingerprint density at radius 1 is 0.976 bits per heavy atom. The molecule has 0 atom stereocenters. The first-order valence-electron chi connectivity index (χ1n) is 13.1. The van der Waals surface area contributed by atoms with E-state index in [2.05, 4.69) is 20.3 Å². The summed E-state index contributed by atoms with van der Waals surface area (Å²) in [6.07, 6.45) is 2.54. The summed E-state index contributed by atoms with van der Waals surface area (Å²) < 4.78 is 55.9. The Labute approximate surface area is 238 Å². The van der Waals surface area contributed by atoms with Crippen LogP contribution in [0.2, 0.25) is 0 Å². The van der Waals surface area contributed by atoms with E-state index in [1.807, 2.05) is 0 Å². The molecule has 218 valence electrons. The van der Waals surface area contributed by atoms with E-state index in [9.17, 15) is 26.8 Å². The lowest BCUT2D eigenvalue weighted by Gasteiger charge is -2.32. The number of amides is 2. The Morgan fingerprint density at radius 3 is 2.22 bits per heavy atom. The number of rotatable bonds is 8. The summed E-state index contributed by atoms with van der Waals surface area (Å²) in [5, 5.41) is 5.09. The minimum Gasteiger partial charge on any atom is -0.358 e. The Bertz CT molecular complexity index is 1550. The number of benzene rings is 2. The van der Waals surface area contributed by atoms with E-state index in [-0.39, 0.29) is 28.9 Å². The van der Waals surface area contributed by atoms with Crippen LogP contribution in [0, 0.1) is 18.6 Å². The summed E-state index contributed by atoms with van der Waals surface area (Å²) in [4.78, 5) is 31.6. The van der Waals surface area contributed by atoms with Crippen molar-refractivity contribution in [1.29, 1.82) is 0 Å². The standard InChI is InChI=1S/C29H33F2N5O4S/c1-18-15-22(31)9-10-24(18)34-25-16-26(41(39,40)35-29(2,3)28(38)32-4)33-17-23(25)27(37)36-13-11-20(12-14-36)19-5-7-21(30)8-6-19/h5-10,15-17,20,35H,11-14H2,1-4H3,(H,32,38)(H,33,34). The van der Waals surface area contributed by atoms with Gasteiger partial charge in [0.05, 0.1) is 11.3 Å². The second kappa shape index (κ2) is 11.9. The molecule has 4 rings (SSSR count). The predicted molar refractivity (Wildman–Crippen MR) is 151 cm³/mol. The molecule has 3 aromatic rings. The van der Waals surface area contributed by atoms with Gasteiger partial charge in [-0.3, -0.25) is 9.59 Å². The Hall–Kier alpha value is -3.90. The van der Waals surface area contributed by atoms with Crippen molar-refractivity contribution in [3.05, 3.63) is 83.1 Å². The Morgan fingerprint density at radius 2 is 1.61 bits per heavy atom. The van der Waals surface area contributed by atoms with Gasteiger partial charge in [-0.15, -0.1) is 0 Å². The fourth-order valence-electron chi connectivity index (χ4n) is 4.84. The van der Waals surface area contributed by atoms with Crippen LogP contribution in [-0.4, -0.2) is 55.8 Å². The third kappa shape index (κ3) is 6.88. The van der Waals surface area contributed by atoms with Gasteiger partial charge in [0.15, 0.2) is 5.03 Å². The van der Waals surface area contributed by atoms with Crippen LogP contribution in [0.1, 0.15) is 54.1 Å². The summed E-state index contributed by atoms with van der Waals surface area (Å²) in [7, 11) is -2.89. The van der Waals surface area contributed by atoms with Crippen LogP contribution in [0.25, 0.3) is 0 Å².